The first-order chi connectivity index (χ1) is 14.2. The van der Waals surface area contributed by atoms with Crippen LogP contribution in [0, 0.1) is 11.3 Å². The lowest BCUT2D eigenvalue weighted by atomic mass is 10.0. The number of hydrogen-bond acceptors (Lipinski definition) is 5. The fourth-order valence-corrected chi connectivity index (χ4v) is 4.87. The van der Waals surface area contributed by atoms with E-state index in [-0.39, 0.29) is 6.03 Å². The van der Waals surface area contributed by atoms with Gasteiger partial charge in [0.2, 0.25) is 0 Å². The summed E-state index contributed by atoms with van der Waals surface area (Å²) in [5, 5.41) is 14.9. The summed E-state index contributed by atoms with van der Waals surface area (Å²) in [6.45, 7) is 6.57. The van der Waals surface area contributed by atoms with Gasteiger partial charge in [-0.1, -0.05) is 12.1 Å². The van der Waals surface area contributed by atoms with Crippen LogP contribution in [-0.4, -0.2) is 66.0 Å². The van der Waals surface area contributed by atoms with Crippen LogP contribution in [0.5, 0.6) is 0 Å². The number of piperidine rings is 1. The minimum Gasteiger partial charge on any atom is -0.322 e. The number of benzene rings is 1. The third-order valence-corrected chi connectivity index (χ3v) is 6.67. The summed E-state index contributed by atoms with van der Waals surface area (Å²) in [7, 11) is 0. The lowest BCUT2D eigenvalue weighted by Crippen LogP contribution is -2.54. The smallest absolute Gasteiger partial charge is 0.322 e. The second kappa shape index (κ2) is 9.40. The molecule has 1 aromatic carbocycles. The van der Waals surface area contributed by atoms with Crippen molar-refractivity contribution in [1.29, 1.82) is 5.26 Å². The molecule has 2 aliphatic rings. The largest absolute Gasteiger partial charge is 0.322 e. The molecular formula is C22H27N5OS. The average molecular weight is 410 g/mol. The molecule has 0 saturated carbocycles. The van der Waals surface area contributed by atoms with E-state index in [4.69, 9.17) is 5.26 Å². The number of likely N-dealkylation sites (tertiary alicyclic amines) is 1. The van der Waals surface area contributed by atoms with E-state index in [9.17, 15) is 4.79 Å². The number of thiophene rings is 1. The van der Waals surface area contributed by atoms with E-state index in [1.807, 2.05) is 40.6 Å². The van der Waals surface area contributed by atoms with Gasteiger partial charge in [0.15, 0.2) is 0 Å². The standard InChI is InChI=1S/C22H27N5OS/c23-16-18-3-1-4-19(15-18)17-25-8-6-20(7-9-25)26-10-12-27(13-11-26)22(28)24-21-5-2-14-29-21/h1-5,14-15,20H,6-13,17H2,(H,24,28). The van der Waals surface area contributed by atoms with Crippen LogP contribution in [0.3, 0.4) is 0 Å². The van der Waals surface area contributed by atoms with Crippen LogP contribution >= 0.6 is 11.3 Å². The predicted molar refractivity (Wildman–Crippen MR) is 116 cm³/mol. The van der Waals surface area contributed by atoms with E-state index in [2.05, 4.69) is 27.3 Å². The number of nitrogens with one attached hydrogen (secondary N) is 1. The predicted octanol–water partition coefficient (Wildman–Crippen LogP) is 3.43. The Hall–Kier alpha value is -2.40. The molecule has 3 heterocycles. The quantitative estimate of drug-likeness (QED) is 0.840. The van der Waals surface area contributed by atoms with Crippen molar-refractivity contribution in [2.45, 2.75) is 25.4 Å². The zero-order chi connectivity index (χ0) is 20.1. The van der Waals surface area contributed by atoms with E-state index in [0.29, 0.717) is 6.04 Å². The summed E-state index contributed by atoms with van der Waals surface area (Å²) >= 11 is 1.55. The van der Waals surface area contributed by atoms with Gasteiger partial charge in [-0.3, -0.25) is 15.1 Å². The SMILES string of the molecule is N#Cc1cccc(CN2CCC(N3CCN(C(=O)Nc4cccs4)CC3)CC2)c1. The van der Waals surface area contributed by atoms with Gasteiger partial charge in [0.25, 0.3) is 0 Å². The van der Waals surface area contributed by atoms with Crippen molar-refractivity contribution in [3.05, 3.63) is 52.9 Å². The molecule has 4 rings (SSSR count). The highest BCUT2D eigenvalue weighted by Gasteiger charge is 2.29. The molecule has 0 aliphatic carbocycles. The summed E-state index contributed by atoms with van der Waals surface area (Å²) < 4.78 is 0. The Morgan fingerprint density at radius 2 is 1.90 bits per heavy atom. The lowest BCUT2D eigenvalue weighted by Gasteiger charge is -2.42. The number of nitrogens with zero attached hydrogens (tertiary/aromatic N) is 4. The number of carbonyl (C=O) groups is 1. The Morgan fingerprint density at radius 1 is 1.10 bits per heavy atom. The van der Waals surface area contributed by atoms with E-state index in [1.165, 1.54) is 18.4 Å². The second-order valence-electron chi connectivity index (χ2n) is 7.75. The van der Waals surface area contributed by atoms with Crippen LogP contribution in [0.1, 0.15) is 24.0 Å². The van der Waals surface area contributed by atoms with Gasteiger partial charge >= 0.3 is 6.03 Å². The Labute approximate surface area is 176 Å². The lowest BCUT2D eigenvalue weighted by molar-refractivity contribution is 0.0690. The summed E-state index contributed by atoms with van der Waals surface area (Å²) in [4.78, 5) is 19.4. The van der Waals surface area contributed by atoms with Crippen LogP contribution < -0.4 is 5.32 Å². The molecule has 2 aromatic rings. The Bertz CT molecular complexity index is 846. The average Bonchev–Trinajstić information content (AvgIpc) is 3.27. The maximum absolute atomic E-state index is 12.4. The third kappa shape index (κ3) is 5.15. The van der Waals surface area contributed by atoms with E-state index < -0.39 is 0 Å². The molecule has 2 saturated heterocycles. The molecule has 1 N–H and O–H groups in total. The summed E-state index contributed by atoms with van der Waals surface area (Å²) in [6.07, 6.45) is 2.33. The number of anilines is 1. The molecule has 2 amide bonds. The van der Waals surface area contributed by atoms with Gasteiger partial charge in [-0.15, -0.1) is 11.3 Å². The molecule has 7 heteroatoms. The van der Waals surface area contributed by atoms with Gasteiger partial charge in [0, 0.05) is 38.8 Å². The maximum Gasteiger partial charge on any atom is 0.322 e. The summed E-state index contributed by atoms with van der Waals surface area (Å²) in [6, 6.07) is 14.7. The Kier molecular flexibility index (Phi) is 6.45. The normalized spacial score (nSPS) is 19.1. The number of rotatable bonds is 4. The molecule has 6 nitrogen and oxygen atoms in total. The highest BCUT2D eigenvalue weighted by Crippen LogP contribution is 2.21. The minimum absolute atomic E-state index is 0.0153. The van der Waals surface area contributed by atoms with Crippen molar-refractivity contribution >= 4 is 22.4 Å². The van der Waals surface area contributed by atoms with Crippen LogP contribution in [0.2, 0.25) is 0 Å². The van der Waals surface area contributed by atoms with Crippen molar-refractivity contribution in [3.8, 4) is 6.07 Å². The number of urea groups is 1. The van der Waals surface area contributed by atoms with Crippen LogP contribution in [0.15, 0.2) is 41.8 Å². The van der Waals surface area contributed by atoms with E-state index >= 15 is 0 Å². The summed E-state index contributed by atoms with van der Waals surface area (Å²) in [5.41, 5.74) is 1.95. The number of hydrogen-bond donors (Lipinski definition) is 1. The number of carbonyl (C=O) groups excluding carboxylic acids is 1. The summed E-state index contributed by atoms with van der Waals surface area (Å²) in [5.74, 6) is 0. The Morgan fingerprint density at radius 3 is 2.59 bits per heavy atom. The molecule has 152 valence electrons. The zero-order valence-corrected chi connectivity index (χ0v) is 17.4. The molecule has 0 atom stereocenters. The number of piperazine rings is 1. The molecule has 2 aliphatic heterocycles. The highest BCUT2D eigenvalue weighted by atomic mass is 32.1. The minimum atomic E-state index is 0.0153. The fourth-order valence-electron chi connectivity index (χ4n) is 4.26. The molecule has 1 aromatic heterocycles. The first-order valence-electron chi connectivity index (χ1n) is 10.3. The van der Waals surface area contributed by atoms with Crippen LogP contribution in [0.25, 0.3) is 0 Å². The Balaban J connectivity index is 1.21. The van der Waals surface area contributed by atoms with Crippen molar-refractivity contribution in [1.82, 2.24) is 14.7 Å². The fraction of sp³-hybridized carbons (Fsp3) is 0.455. The maximum atomic E-state index is 12.4. The molecule has 0 spiro atoms. The van der Waals surface area contributed by atoms with Gasteiger partial charge in [-0.05, 0) is 61.1 Å². The van der Waals surface area contributed by atoms with Crippen molar-refractivity contribution in [2.24, 2.45) is 0 Å². The number of nitriles is 1. The van der Waals surface area contributed by atoms with Crippen LogP contribution in [-0.2, 0) is 6.54 Å². The van der Waals surface area contributed by atoms with Crippen molar-refractivity contribution in [2.75, 3.05) is 44.6 Å². The van der Waals surface area contributed by atoms with E-state index in [1.54, 1.807) is 11.3 Å². The molecule has 29 heavy (non-hydrogen) atoms. The third-order valence-electron chi connectivity index (χ3n) is 5.89. The van der Waals surface area contributed by atoms with Crippen LogP contribution in [0.4, 0.5) is 9.80 Å². The highest BCUT2D eigenvalue weighted by molar-refractivity contribution is 7.14. The van der Waals surface area contributed by atoms with Gasteiger partial charge < -0.3 is 4.90 Å². The molecule has 2 fully saturated rings. The monoisotopic (exact) mass is 409 g/mol. The topological polar surface area (TPSA) is 62.6 Å². The number of amides is 2. The van der Waals surface area contributed by atoms with Gasteiger partial charge in [0.1, 0.15) is 0 Å². The molecular weight excluding hydrogens is 382 g/mol. The molecule has 0 unspecified atom stereocenters. The van der Waals surface area contributed by atoms with Gasteiger partial charge in [0.05, 0.1) is 16.6 Å². The zero-order valence-electron chi connectivity index (χ0n) is 16.6. The first kappa shape index (κ1) is 19.9. The molecule has 0 radical (unpaired) electrons. The second-order valence-corrected chi connectivity index (χ2v) is 8.70. The van der Waals surface area contributed by atoms with Gasteiger partial charge in [-0.25, -0.2) is 4.79 Å². The van der Waals surface area contributed by atoms with Crippen molar-refractivity contribution < 1.29 is 4.79 Å². The van der Waals surface area contributed by atoms with E-state index in [0.717, 1.165) is 56.4 Å². The molecule has 0 bridgehead atoms. The first-order valence-corrected chi connectivity index (χ1v) is 11.1. The van der Waals surface area contributed by atoms with Crippen molar-refractivity contribution in [3.63, 3.8) is 0 Å². The van der Waals surface area contributed by atoms with Gasteiger partial charge in [-0.2, -0.15) is 5.26 Å².